The lowest BCUT2D eigenvalue weighted by atomic mass is 9.89. The molecule has 0 saturated carbocycles. The molecule has 0 amide bonds. The van der Waals surface area contributed by atoms with Crippen molar-refractivity contribution in [2.75, 3.05) is 38.3 Å². The molecule has 0 unspecified atom stereocenters. The molecule has 2 aliphatic rings. The number of nitrogens with zero attached hydrogens (tertiary/aromatic N) is 1. The molecule has 1 aromatic carbocycles. The van der Waals surface area contributed by atoms with Crippen molar-refractivity contribution in [2.45, 2.75) is 25.3 Å². The Morgan fingerprint density at radius 3 is 2.47 bits per heavy atom. The van der Waals surface area contributed by atoms with Crippen LogP contribution in [0, 0.1) is 0 Å². The van der Waals surface area contributed by atoms with Gasteiger partial charge in [-0.2, -0.15) is 0 Å². The number of anilines is 1. The predicted molar refractivity (Wildman–Crippen MR) is 76.3 cm³/mol. The van der Waals surface area contributed by atoms with Crippen LogP contribution >= 0.6 is 0 Å². The molecule has 0 spiro atoms. The molecule has 0 atom stereocenters. The highest BCUT2D eigenvalue weighted by molar-refractivity contribution is 5.57. The van der Waals surface area contributed by atoms with Gasteiger partial charge in [-0.05, 0) is 38.9 Å². The second kappa shape index (κ2) is 4.93. The monoisotopic (exact) mass is 262 g/mol. The van der Waals surface area contributed by atoms with Crippen molar-refractivity contribution >= 4 is 5.69 Å². The van der Waals surface area contributed by atoms with Crippen LogP contribution in [0.25, 0.3) is 0 Å². The summed E-state index contributed by atoms with van der Waals surface area (Å²) in [7, 11) is 2.06. The topological polar surface area (TPSA) is 33.7 Å². The zero-order valence-electron chi connectivity index (χ0n) is 11.7. The number of piperidine rings is 1. The highest BCUT2D eigenvalue weighted by Crippen LogP contribution is 2.35. The molecule has 1 aromatic rings. The summed E-state index contributed by atoms with van der Waals surface area (Å²) in [5.74, 6) is 1.75. The summed E-state index contributed by atoms with van der Waals surface area (Å²) < 4.78 is 11.2. The fraction of sp³-hybridized carbons (Fsp3) is 0.600. The molecule has 2 heterocycles. The number of hydrogen-bond donors (Lipinski definition) is 1. The van der Waals surface area contributed by atoms with Crippen LogP contribution < -0.4 is 19.7 Å². The second-order valence-corrected chi connectivity index (χ2v) is 5.63. The lowest BCUT2D eigenvalue weighted by molar-refractivity contribution is 0.171. The minimum atomic E-state index is 0.282. The third kappa shape index (κ3) is 2.50. The van der Waals surface area contributed by atoms with Crippen LogP contribution in [0.1, 0.15) is 19.8 Å². The highest BCUT2D eigenvalue weighted by atomic mass is 16.6. The average Bonchev–Trinajstić information content (AvgIpc) is 2.47. The molecule has 4 nitrogen and oxygen atoms in total. The number of fused-ring (bicyclic) bond motifs is 1. The normalized spacial score (nSPS) is 21.3. The Kier molecular flexibility index (Phi) is 3.27. The molecule has 2 aliphatic heterocycles. The van der Waals surface area contributed by atoms with E-state index in [2.05, 4.69) is 36.3 Å². The summed E-state index contributed by atoms with van der Waals surface area (Å²) in [6.07, 6.45) is 2.33. The van der Waals surface area contributed by atoms with E-state index >= 15 is 0 Å². The Bertz CT molecular complexity index is 453. The van der Waals surface area contributed by atoms with Crippen LogP contribution in [0.5, 0.6) is 11.5 Å². The number of hydrogen-bond acceptors (Lipinski definition) is 4. The summed E-state index contributed by atoms with van der Waals surface area (Å²) in [4.78, 5) is 2.43. The maximum atomic E-state index is 5.65. The van der Waals surface area contributed by atoms with E-state index in [1.54, 1.807) is 0 Å². The molecule has 1 N–H and O–H groups in total. The van der Waals surface area contributed by atoms with Crippen molar-refractivity contribution in [3.05, 3.63) is 18.2 Å². The predicted octanol–water partition coefficient (Wildman–Crippen LogP) is 2.04. The zero-order valence-corrected chi connectivity index (χ0v) is 11.7. The van der Waals surface area contributed by atoms with Crippen molar-refractivity contribution in [2.24, 2.45) is 0 Å². The fourth-order valence-electron chi connectivity index (χ4n) is 2.74. The molecule has 104 valence electrons. The SMILES string of the molecule is CNC1(C)CCN(c2ccc3c(c2)OCCO3)CC1. The molecule has 0 aromatic heterocycles. The van der Waals surface area contributed by atoms with E-state index in [4.69, 9.17) is 9.47 Å². The summed E-state index contributed by atoms with van der Waals surface area (Å²) >= 11 is 0. The second-order valence-electron chi connectivity index (χ2n) is 5.63. The number of benzene rings is 1. The van der Waals surface area contributed by atoms with E-state index in [-0.39, 0.29) is 5.54 Å². The van der Waals surface area contributed by atoms with Crippen molar-refractivity contribution in [3.8, 4) is 11.5 Å². The van der Waals surface area contributed by atoms with Gasteiger partial charge in [0.1, 0.15) is 13.2 Å². The van der Waals surface area contributed by atoms with Gasteiger partial charge in [-0.25, -0.2) is 0 Å². The fourth-order valence-corrected chi connectivity index (χ4v) is 2.74. The van der Waals surface area contributed by atoms with Crippen molar-refractivity contribution < 1.29 is 9.47 Å². The smallest absolute Gasteiger partial charge is 0.163 e. The minimum Gasteiger partial charge on any atom is -0.486 e. The quantitative estimate of drug-likeness (QED) is 0.884. The third-order valence-electron chi connectivity index (χ3n) is 4.36. The third-order valence-corrected chi connectivity index (χ3v) is 4.36. The lowest BCUT2D eigenvalue weighted by Gasteiger charge is -2.40. The van der Waals surface area contributed by atoms with Gasteiger partial charge < -0.3 is 19.7 Å². The van der Waals surface area contributed by atoms with Gasteiger partial charge in [0, 0.05) is 30.4 Å². The minimum absolute atomic E-state index is 0.282. The summed E-state index contributed by atoms with van der Waals surface area (Å²) in [6.45, 7) is 5.76. The van der Waals surface area contributed by atoms with Gasteiger partial charge in [0.25, 0.3) is 0 Å². The molecule has 1 fully saturated rings. The van der Waals surface area contributed by atoms with Gasteiger partial charge in [-0.15, -0.1) is 0 Å². The van der Waals surface area contributed by atoms with Crippen LogP contribution in [0.3, 0.4) is 0 Å². The molecule has 0 bridgehead atoms. The molecule has 4 heteroatoms. The maximum Gasteiger partial charge on any atom is 0.163 e. The lowest BCUT2D eigenvalue weighted by Crippen LogP contribution is -2.50. The van der Waals surface area contributed by atoms with E-state index in [9.17, 15) is 0 Å². The Hall–Kier alpha value is -1.42. The summed E-state index contributed by atoms with van der Waals surface area (Å²) in [5.41, 5.74) is 1.52. The molecular formula is C15H22N2O2. The first-order valence-electron chi connectivity index (χ1n) is 7.04. The average molecular weight is 262 g/mol. The molecule has 3 rings (SSSR count). The van der Waals surface area contributed by atoms with E-state index in [0.717, 1.165) is 37.4 Å². The first-order valence-corrected chi connectivity index (χ1v) is 7.04. The molecule has 19 heavy (non-hydrogen) atoms. The first-order chi connectivity index (χ1) is 9.20. The zero-order chi connectivity index (χ0) is 13.3. The van der Waals surface area contributed by atoms with Gasteiger partial charge in [0.05, 0.1) is 0 Å². The standard InChI is InChI=1S/C15H22N2O2/c1-15(16-2)5-7-17(8-6-15)12-3-4-13-14(11-12)19-10-9-18-13/h3-4,11,16H,5-10H2,1-2H3. The van der Waals surface area contributed by atoms with E-state index in [0.29, 0.717) is 13.2 Å². The number of ether oxygens (including phenoxy) is 2. The molecule has 0 aliphatic carbocycles. The highest BCUT2D eigenvalue weighted by Gasteiger charge is 2.28. The van der Waals surface area contributed by atoms with Crippen LogP contribution in [0.15, 0.2) is 18.2 Å². The van der Waals surface area contributed by atoms with E-state index < -0.39 is 0 Å². The van der Waals surface area contributed by atoms with Crippen molar-refractivity contribution in [1.29, 1.82) is 0 Å². The van der Waals surface area contributed by atoms with Crippen molar-refractivity contribution in [3.63, 3.8) is 0 Å². The first kappa shape index (κ1) is 12.6. The van der Waals surface area contributed by atoms with Gasteiger partial charge in [-0.1, -0.05) is 0 Å². The van der Waals surface area contributed by atoms with Crippen LogP contribution in [-0.4, -0.2) is 38.9 Å². The van der Waals surface area contributed by atoms with Crippen molar-refractivity contribution in [1.82, 2.24) is 5.32 Å². The summed E-state index contributed by atoms with van der Waals surface area (Å²) in [5, 5.41) is 3.43. The van der Waals surface area contributed by atoms with Gasteiger partial charge in [0.2, 0.25) is 0 Å². The molecule has 1 saturated heterocycles. The molecular weight excluding hydrogens is 240 g/mol. The number of nitrogens with one attached hydrogen (secondary N) is 1. The van der Waals surface area contributed by atoms with E-state index in [1.165, 1.54) is 5.69 Å². The Morgan fingerprint density at radius 2 is 1.79 bits per heavy atom. The van der Waals surface area contributed by atoms with E-state index in [1.807, 2.05) is 6.07 Å². The van der Waals surface area contributed by atoms with Gasteiger partial charge >= 0.3 is 0 Å². The van der Waals surface area contributed by atoms with Crippen LogP contribution in [0.2, 0.25) is 0 Å². The van der Waals surface area contributed by atoms with Gasteiger partial charge in [-0.3, -0.25) is 0 Å². The summed E-state index contributed by atoms with van der Waals surface area (Å²) in [6, 6.07) is 6.27. The maximum absolute atomic E-state index is 5.65. The number of rotatable bonds is 2. The van der Waals surface area contributed by atoms with Crippen LogP contribution in [0.4, 0.5) is 5.69 Å². The van der Waals surface area contributed by atoms with Crippen LogP contribution in [-0.2, 0) is 0 Å². The Balaban J connectivity index is 1.73. The largest absolute Gasteiger partial charge is 0.486 e. The van der Waals surface area contributed by atoms with Gasteiger partial charge in [0.15, 0.2) is 11.5 Å². The Labute approximate surface area is 114 Å². The molecule has 0 radical (unpaired) electrons. The Morgan fingerprint density at radius 1 is 1.11 bits per heavy atom.